The molecule has 0 unspecified atom stereocenters. The van der Waals surface area contributed by atoms with Crippen molar-refractivity contribution in [2.45, 2.75) is 18.5 Å². The summed E-state index contributed by atoms with van der Waals surface area (Å²) in [4.78, 5) is 15.5. The normalized spacial score (nSPS) is 11.5. The summed E-state index contributed by atoms with van der Waals surface area (Å²) < 4.78 is 5.00. The molecular weight excluding hydrogens is 306 g/mol. The molecule has 1 aromatic heterocycles. The second kappa shape index (κ2) is 6.99. The monoisotopic (exact) mass is 321 g/mol. The molecule has 2 rings (SSSR count). The van der Waals surface area contributed by atoms with Crippen molar-refractivity contribution in [2.24, 2.45) is 0 Å². The number of methoxy groups -OCH3 is 1. The molecule has 0 fully saturated rings. The highest BCUT2D eigenvalue weighted by Gasteiger charge is 2.15. The second-order valence-electron chi connectivity index (χ2n) is 4.23. The van der Waals surface area contributed by atoms with Gasteiger partial charge in [-0.25, -0.2) is 9.78 Å². The second-order valence-corrected chi connectivity index (χ2v) is 5.24. The molecule has 0 aliphatic carbocycles. The Morgan fingerprint density at radius 1 is 1.50 bits per heavy atom. The molecule has 0 amide bonds. The van der Waals surface area contributed by atoms with E-state index in [1.54, 1.807) is 18.2 Å². The summed E-state index contributed by atoms with van der Waals surface area (Å²) in [6, 6.07) is 4.84. The van der Waals surface area contributed by atoms with E-state index in [-0.39, 0.29) is 16.4 Å². The molecule has 0 aliphatic heterocycles. The third-order valence-corrected chi connectivity index (χ3v) is 3.67. The standard InChI is InChI=1S/C14H15N3O4S/c1-3-11-15-14(17-16-11)22-10(13(19)20)7-8-5-4-6-9(21-2)12(8)18/h4-7,18H,3H2,1-2H3,(H,19,20)(H,15,16,17)/b10-7-. The van der Waals surface area contributed by atoms with Gasteiger partial charge >= 0.3 is 5.97 Å². The van der Waals surface area contributed by atoms with Crippen LogP contribution in [0.1, 0.15) is 18.3 Å². The van der Waals surface area contributed by atoms with Gasteiger partial charge in [-0.3, -0.25) is 5.10 Å². The summed E-state index contributed by atoms with van der Waals surface area (Å²) in [5, 5.41) is 26.3. The van der Waals surface area contributed by atoms with Crippen LogP contribution in [0.15, 0.2) is 28.3 Å². The Labute approximate surface area is 131 Å². The summed E-state index contributed by atoms with van der Waals surface area (Å²) in [5.74, 6) is -0.297. The molecule has 0 atom stereocenters. The van der Waals surface area contributed by atoms with Crippen molar-refractivity contribution in [1.82, 2.24) is 15.2 Å². The number of aryl methyl sites for hydroxylation is 1. The molecule has 2 aromatic rings. The van der Waals surface area contributed by atoms with Crippen LogP contribution in [0.5, 0.6) is 11.5 Å². The number of aromatic nitrogens is 3. The van der Waals surface area contributed by atoms with Gasteiger partial charge in [-0.15, -0.1) is 5.10 Å². The minimum absolute atomic E-state index is 0.00907. The molecule has 0 radical (unpaired) electrons. The van der Waals surface area contributed by atoms with Crippen LogP contribution in [-0.2, 0) is 11.2 Å². The molecule has 0 aliphatic rings. The number of aromatic hydroxyl groups is 1. The summed E-state index contributed by atoms with van der Waals surface area (Å²) >= 11 is 0.906. The van der Waals surface area contributed by atoms with Crippen LogP contribution in [0.2, 0.25) is 0 Å². The van der Waals surface area contributed by atoms with E-state index in [1.165, 1.54) is 13.2 Å². The van der Waals surface area contributed by atoms with Gasteiger partial charge < -0.3 is 14.9 Å². The third kappa shape index (κ3) is 3.59. The van der Waals surface area contributed by atoms with Crippen molar-refractivity contribution < 1.29 is 19.7 Å². The number of carbonyl (C=O) groups is 1. The zero-order valence-corrected chi connectivity index (χ0v) is 12.8. The Morgan fingerprint density at radius 2 is 2.27 bits per heavy atom. The number of aromatic amines is 1. The van der Waals surface area contributed by atoms with Crippen LogP contribution in [-0.4, -0.2) is 38.5 Å². The van der Waals surface area contributed by atoms with E-state index in [4.69, 9.17) is 4.74 Å². The van der Waals surface area contributed by atoms with Crippen molar-refractivity contribution in [3.63, 3.8) is 0 Å². The van der Waals surface area contributed by atoms with Gasteiger partial charge in [0.1, 0.15) is 10.7 Å². The number of carboxylic acid groups (broad SMARTS) is 1. The van der Waals surface area contributed by atoms with Gasteiger partial charge in [0.2, 0.25) is 5.16 Å². The minimum Gasteiger partial charge on any atom is -0.504 e. The fraction of sp³-hybridized carbons (Fsp3) is 0.214. The molecule has 1 aromatic carbocycles. The van der Waals surface area contributed by atoms with E-state index in [0.29, 0.717) is 23.0 Å². The molecule has 22 heavy (non-hydrogen) atoms. The summed E-state index contributed by atoms with van der Waals surface area (Å²) in [6.45, 7) is 1.91. The molecule has 0 saturated heterocycles. The predicted octanol–water partition coefficient (Wildman–Crippen LogP) is 2.30. The smallest absolute Gasteiger partial charge is 0.342 e. The number of thioether (sulfide) groups is 1. The Kier molecular flexibility index (Phi) is 5.05. The quantitative estimate of drug-likeness (QED) is 0.553. The number of hydrogen-bond donors (Lipinski definition) is 3. The molecule has 116 valence electrons. The fourth-order valence-corrected chi connectivity index (χ4v) is 2.39. The van der Waals surface area contributed by atoms with Gasteiger partial charge in [-0.2, -0.15) is 0 Å². The van der Waals surface area contributed by atoms with Crippen molar-refractivity contribution >= 4 is 23.8 Å². The number of carboxylic acids is 1. The van der Waals surface area contributed by atoms with E-state index in [9.17, 15) is 15.0 Å². The molecule has 0 bridgehead atoms. The Hall–Kier alpha value is -2.48. The number of hydrogen-bond acceptors (Lipinski definition) is 6. The topological polar surface area (TPSA) is 108 Å². The van der Waals surface area contributed by atoms with Gasteiger partial charge in [-0.1, -0.05) is 19.1 Å². The molecule has 1 heterocycles. The highest BCUT2D eigenvalue weighted by atomic mass is 32.2. The lowest BCUT2D eigenvalue weighted by Gasteiger charge is -2.06. The fourth-order valence-electron chi connectivity index (χ4n) is 1.68. The maximum atomic E-state index is 11.4. The number of nitrogens with zero attached hydrogens (tertiary/aromatic N) is 2. The van der Waals surface area contributed by atoms with Gasteiger partial charge in [0.25, 0.3) is 0 Å². The third-order valence-electron chi connectivity index (χ3n) is 2.79. The summed E-state index contributed by atoms with van der Waals surface area (Å²) in [5.41, 5.74) is 0.343. The Bertz CT molecular complexity index is 712. The number of phenols is 1. The minimum atomic E-state index is -1.13. The van der Waals surface area contributed by atoms with Crippen molar-refractivity contribution in [1.29, 1.82) is 0 Å². The highest BCUT2D eigenvalue weighted by Crippen LogP contribution is 2.33. The molecule has 0 spiro atoms. The molecule has 0 saturated carbocycles. The summed E-state index contributed by atoms with van der Waals surface area (Å²) in [6.07, 6.45) is 2.03. The maximum Gasteiger partial charge on any atom is 0.342 e. The van der Waals surface area contributed by atoms with E-state index < -0.39 is 5.97 Å². The van der Waals surface area contributed by atoms with E-state index in [2.05, 4.69) is 15.2 Å². The van der Waals surface area contributed by atoms with Crippen molar-refractivity contribution in [3.8, 4) is 11.5 Å². The number of phenolic OH excluding ortho intramolecular Hbond substituents is 1. The lowest BCUT2D eigenvalue weighted by molar-refractivity contribution is -0.131. The van der Waals surface area contributed by atoms with E-state index in [0.717, 1.165) is 11.8 Å². The van der Waals surface area contributed by atoms with Crippen molar-refractivity contribution in [2.75, 3.05) is 7.11 Å². The number of para-hydroxylation sites is 1. The predicted molar refractivity (Wildman–Crippen MR) is 81.9 cm³/mol. The van der Waals surface area contributed by atoms with Crippen LogP contribution in [0.25, 0.3) is 6.08 Å². The SMILES string of the molecule is CCc1nc(S/C(=C\c2cccc(OC)c2O)C(=O)O)n[nH]1. The van der Waals surface area contributed by atoms with Crippen LogP contribution in [0.3, 0.4) is 0 Å². The Balaban J connectivity index is 2.33. The number of ether oxygens (including phenoxy) is 1. The number of rotatable bonds is 6. The van der Waals surface area contributed by atoms with Crippen LogP contribution < -0.4 is 4.74 Å². The highest BCUT2D eigenvalue weighted by molar-refractivity contribution is 8.04. The number of H-pyrrole nitrogens is 1. The first-order valence-corrected chi connectivity index (χ1v) is 7.26. The largest absolute Gasteiger partial charge is 0.504 e. The zero-order chi connectivity index (χ0) is 16.1. The number of aliphatic carboxylic acids is 1. The molecule has 7 nitrogen and oxygen atoms in total. The van der Waals surface area contributed by atoms with Crippen LogP contribution in [0, 0.1) is 0 Å². The lowest BCUT2D eigenvalue weighted by Crippen LogP contribution is -1.97. The zero-order valence-electron chi connectivity index (χ0n) is 12.0. The maximum absolute atomic E-state index is 11.4. The van der Waals surface area contributed by atoms with Crippen LogP contribution in [0.4, 0.5) is 0 Å². The van der Waals surface area contributed by atoms with Crippen LogP contribution >= 0.6 is 11.8 Å². The van der Waals surface area contributed by atoms with E-state index >= 15 is 0 Å². The number of benzene rings is 1. The number of nitrogens with one attached hydrogen (secondary N) is 1. The first kappa shape index (κ1) is 15.9. The Morgan fingerprint density at radius 3 is 2.86 bits per heavy atom. The summed E-state index contributed by atoms with van der Waals surface area (Å²) in [7, 11) is 1.43. The average Bonchev–Trinajstić information content (AvgIpc) is 2.96. The van der Waals surface area contributed by atoms with Gasteiger partial charge in [-0.05, 0) is 23.9 Å². The first-order valence-electron chi connectivity index (χ1n) is 6.45. The van der Waals surface area contributed by atoms with Gasteiger partial charge in [0.15, 0.2) is 11.5 Å². The first-order chi connectivity index (χ1) is 10.5. The lowest BCUT2D eigenvalue weighted by atomic mass is 10.1. The molecule has 8 heteroatoms. The molecular formula is C14H15N3O4S. The van der Waals surface area contributed by atoms with Gasteiger partial charge in [0.05, 0.1) is 7.11 Å². The molecule has 3 N–H and O–H groups in total. The van der Waals surface area contributed by atoms with Crippen molar-refractivity contribution in [3.05, 3.63) is 34.5 Å². The average molecular weight is 321 g/mol. The van der Waals surface area contributed by atoms with Gasteiger partial charge in [0, 0.05) is 12.0 Å². The van der Waals surface area contributed by atoms with E-state index in [1.807, 2.05) is 6.92 Å².